The van der Waals surface area contributed by atoms with Crippen molar-refractivity contribution in [2.75, 3.05) is 19.8 Å². The minimum Gasteiger partial charge on any atom is -0.379 e. The van der Waals surface area contributed by atoms with E-state index in [0.29, 0.717) is 17.9 Å². The maximum absolute atomic E-state index is 5.88. The molecule has 89 valence electrons. The SMILES string of the molecule is [CH2]C(C)CC1CCOCC1OCCCC. The first-order chi connectivity index (χ1) is 7.24. The van der Waals surface area contributed by atoms with Crippen LogP contribution in [0.1, 0.15) is 39.5 Å². The second-order valence-corrected chi connectivity index (χ2v) is 4.73. The molecule has 1 aliphatic rings. The summed E-state index contributed by atoms with van der Waals surface area (Å²) < 4.78 is 11.4. The third-order valence-electron chi connectivity index (χ3n) is 2.98. The number of unbranched alkanes of at least 4 members (excludes halogenated alkanes) is 1. The summed E-state index contributed by atoms with van der Waals surface area (Å²) >= 11 is 0. The molecule has 0 aromatic carbocycles. The maximum atomic E-state index is 5.88. The molecular weight excluding hydrogens is 188 g/mol. The molecule has 0 amide bonds. The van der Waals surface area contributed by atoms with E-state index in [0.717, 1.165) is 32.7 Å². The molecule has 3 unspecified atom stereocenters. The van der Waals surface area contributed by atoms with Crippen molar-refractivity contribution in [3.63, 3.8) is 0 Å². The Morgan fingerprint density at radius 2 is 2.33 bits per heavy atom. The molecule has 1 aliphatic heterocycles. The van der Waals surface area contributed by atoms with Gasteiger partial charge in [-0.2, -0.15) is 0 Å². The van der Waals surface area contributed by atoms with E-state index in [1.54, 1.807) is 0 Å². The van der Waals surface area contributed by atoms with E-state index in [9.17, 15) is 0 Å². The van der Waals surface area contributed by atoms with Crippen LogP contribution in [0.3, 0.4) is 0 Å². The normalized spacial score (nSPS) is 27.2. The average molecular weight is 213 g/mol. The number of hydrogen-bond donors (Lipinski definition) is 0. The third-order valence-corrected chi connectivity index (χ3v) is 2.98. The van der Waals surface area contributed by atoms with Crippen molar-refractivity contribution >= 4 is 0 Å². The van der Waals surface area contributed by atoms with E-state index >= 15 is 0 Å². The summed E-state index contributed by atoms with van der Waals surface area (Å²) in [5.74, 6) is 1.17. The average Bonchev–Trinajstić information content (AvgIpc) is 2.20. The van der Waals surface area contributed by atoms with Crippen LogP contribution < -0.4 is 0 Å². The van der Waals surface area contributed by atoms with Crippen LogP contribution in [0.4, 0.5) is 0 Å². The van der Waals surface area contributed by atoms with Crippen molar-refractivity contribution in [1.29, 1.82) is 0 Å². The highest BCUT2D eigenvalue weighted by atomic mass is 16.5. The van der Waals surface area contributed by atoms with E-state index in [2.05, 4.69) is 20.8 Å². The monoisotopic (exact) mass is 213 g/mol. The fraction of sp³-hybridized carbons (Fsp3) is 0.923. The van der Waals surface area contributed by atoms with Gasteiger partial charge in [0.2, 0.25) is 0 Å². The zero-order chi connectivity index (χ0) is 11.1. The summed E-state index contributed by atoms with van der Waals surface area (Å²) in [6.07, 6.45) is 4.97. The molecule has 3 atom stereocenters. The second kappa shape index (κ2) is 7.24. The summed E-state index contributed by atoms with van der Waals surface area (Å²) in [5, 5.41) is 0. The molecule has 2 heteroatoms. The van der Waals surface area contributed by atoms with Gasteiger partial charge in [0.1, 0.15) is 0 Å². The van der Waals surface area contributed by atoms with Gasteiger partial charge in [0, 0.05) is 13.2 Å². The van der Waals surface area contributed by atoms with Gasteiger partial charge >= 0.3 is 0 Å². The van der Waals surface area contributed by atoms with Crippen LogP contribution in [0.2, 0.25) is 0 Å². The van der Waals surface area contributed by atoms with Crippen LogP contribution in [0, 0.1) is 18.8 Å². The van der Waals surface area contributed by atoms with Gasteiger partial charge in [-0.1, -0.05) is 27.2 Å². The Bertz CT molecular complexity index is 157. The van der Waals surface area contributed by atoms with E-state index < -0.39 is 0 Å². The maximum Gasteiger partial charge on any atom is 0.0837 e. The molecule has 1 rings (SSSR count). The summed E-state index contributed by atoms with van der Waals surface area (Å²) in [6.45, 7) is 11.0. The van der Waals surface area contributed by atoms with Crippen LogP contribution in [0.5, 0.6) is 0 Å². The van der Waals surface area contributed by atoms with Crippen LogP contribution in [0.25, 0.3) is 0 Å². The summed E-state index contributed by atoms with van der Waals surface area (Å²) in [4.78, 5) is 0. The van der Waals surface area contributed by atoms with E-state index in [-0.39, 0.29) is 0 Å². The Hall–Kier alpha value is -0.0800. The molecule has 2 nitrogen and oxygen atoms in total. The molecule has 1 saturated heterocycles. The van der Waals surface area contributed by atoms with Crippen molar-refractivity contribution in [2.45, 2.75) is 45.6 Å². The van der Waals surface area contributed by atoms with Gasteiger partial charge in [0.05, 0.1) is 12.7 Å². The van der Waals surface area contributed by atoms with Crippen molar-refractivity contribution in [3.8, 4) is 0 Å². The number of hydrogen-bond acceptors (Lipinski definition) is 2. The Morgan fingerprint density at radius 1 is 1.53 bits per heavy atom. The molecular formula is C13H25O2. The molecule has 0 spiro atoms. The van der Waals surface area contributed by atoms with Crippen LogP contribution in [-0.4, -0.2) is 25.9 Å². The largest absolute Gasteiger partial charge is 0.379 e. The molecule has 0 saturated carbocycles. The highest BCUT2D eigenvalue weighted by Crippen LogP contribution is 2.25. The Morgan fingerprint density at radius 3 is 3.00 bits per heavy atom. The van der Waals surface area contributed by atoms with Crippen LogP contribution in [0.15, 0.2) is 0 Å². The molecule has 1 fully saturated rings. The summed E-state index contributed by atoms with van der Waals surface area (Å²) in [7, 11) is 0. The van der Waals surface area contributed by atoms with Crippen LogP contribution >= 0.6 is 0 Å². The van der Waals surface area contributed by atoms with Crippen molar-refractivity contribution in [1.82, 2.24) is 0 Å². The number of rotatable bonds is 6. The van der Waals surface area contributed by atoms with Gasteiger partial charge in [-0.05, 0) is 31.1 Å². The summed E-state index contributed by atoms with van der Waals surface area (Å²) in [5.41, 5.74) is 0. The topological polar surface area (TPSA) is 18.5 Å². The van der Waals surface area contributed by atoms with Crippen LogP contribution in [-0.2, 0) is 9.47 Å². The zero-order valence-electron chi connectivity index (χ0n) is 10.2. The van der Waals surface area contributed by atoms with Gasteiger partial charge < -0.3 is 9.47 Å². The quantitative estimate of drug-likeness (QED) is 0.631. The van der Waals surface area contributed by atoms with E-state index in [4.69, 9.17) is 9.47 Å². The first kappa shape index (κ1) is 13.0. The molecule has 0 aromatic heterocycles. The first-order valence-electron chi connectivity index (χ1n) is 6.26. The van der Waals surface area contributed by atoms with Crippen molar-refractivity contribution < 1.29 is 9.47 Å². The molecule has 0 N–H and O–H groups in total. The van der Waals surface area contributed by atoms with Gasteiger partial charge in [-0.25, -0.2) is 0 Å². The summed E-state index contributed by atoms with van der Waals surface area (Å²) in [6, 6.07) is 0. The predicted octanol–water partition coefficient (Wildman–Crippen LogP) is 3.07. The Balaban J connectivity index is 2.29. The fourth-order valence-corrected chi connectivity index (χ4v) is 2.11. The molecule has 0 aliphatic carbocycles. The predicted molar refractivity (Wildman–Crippen MR) is 62.7 cm³/mol. The molecule has 0 bridgehead atoms. The second-order valence-electron chi connectivity index (χ2n) is 4.73. The fourth-order valence-electron chi connectivity index (χ4n) is 2.11. The van der Waals surface area contributed by atoms with Gasteiger partial charge in [-0.15, -0.1) is 0 Å². The minimum absolute atomic E-state index is 0.314. The standard InChI is InChI=1S/C13H25O2/c1-4-5-7-15-13-10-14-8-6-12(13)9-11(2)3/h11-13H,2,4-10H2,1,3H3. The smallest absolute Gasteiger partial charge is 0.0837 e. The van der Waals surface area contributed by atoms with Gasteiger partial charge in [0.25, 0.3) is 0 Å². The number of ether oxygens (including phenoxy) is 2. The lowest BCUT2D eigenvalue weighted by Crippen LogP contribution is -2.35. The minimum atomic E-state index is 0.314. The highest BCUT2D eigenvalue weighted by Gasteiger charge is 2.26. The lowest BCUT2D eigenvalue weighted by molar-refractivity contribution is -0.0879. The first-order valence-corrected chi connectivity index (χ1v) is 6.26. The Labute approximate surface area is 94.3 Å². The molecule has 1 heterocycles. The van der Waals surface area contributed by atoms with E-state index in [1.807, 2.05) is 0 Å². The van der Waals surface area contributed by atoms with Crippen molar-refractivity contribution in [2.24, 2.45) is 11.8 Å². The molecule has 15 heavy (non-hydrogen) atoms. The van der Waals surface area contributed by atoms with E-state index in [1.165, 1.54) is 12.8 Å². The molecule has 1 radical (unpaired) electrons. The third kappa shape index (κ3) is 4.98. The molecule has 0 aromatic rings. The van der Waals surface area contributed by atoms with Crippen molar-refractivity contribution in [3.05, 3.63) is 6.92 Å². The lowest BCUT2D eigenvalue weighted by Gasteiger charge is -2.32. The van der Waals surface area contributed by atoms with Gasteiger partial charge in [-0.3, -0.25) is 0 Å². The lowest BCUT2D eigenvalue weighted by atomic mass is 9.88. The van der Waals surface area contributed by atoms with Gasteiger partial charge in [0.15, 0.2) is 0 Å². The highest BCUT2D eigenvalue weighted by molar-refractivity contribution is 4.76. The Kier molecular flexibility index (Phi) is 6.26. The zero-order valence-corrected chi connectivity index (χ0v) is 10.2.